The van der Waals surface area contributed by atoms with Gasteiger partial charge in [-0.3, -0.25) is 4.79 Å². The SMILES string of the molecule is O=C1CC(c2ccc(F)c(Br)c2)c2cc3c(cc2N1)OCO3. The number of nitrogens with one attached hydrogen (secondary N) is 1. The van der Waals surface area contributed by atoms with Crippen LogP contribution >= 0.6 is 15.9 Å². The minimum absolute atomic E-state index is 0.0724. The first kappa shape index (κ1) is 13.6. The Bertz CT molecular complexity index is 793. The third kappa shape index (κ3) is 2.14. The van der Waals surface area contributed by atoms with E-state index in [9.17, 15) is 9.18 Å². The van der Waals surface area contributed by atoms with Gasteiger partial charge >= 0.3 is 0 Å². The fourth-order valence-corrected chi connectivity index (χ4v) is 3.27. The zero-order valence-corrected chi connectivity index (χ0v) is 12.9. The number of anilines is 1. The average Bonchev–Trinajstić information content (AvgIpc) is 2.94. The van der Waals surface area contributed by atoms with Crippen LogP contribution in [0, 0.1) is 5.82 Å². The first-order chi connectivity index (χ1) is 10.6. The fourth-order valence-electron chi connectivity index (χ4n) is 2.88. The summed E-state index contributed by atoms with van der Waals surface area (Å²) >= 11 is 3.20. The van der Waals surface area contributed by atoms with Crippen molar-refractivity contribution in [3.05, 3.63) is 51.7 Å². The number of halogens is 2. The summed E-state index contributed by atoms with van der Waals surface area (Å²) in [6.45, 7) is 0.180. The Labute approximate surface area is 134 Å². The number of hydrogen-bond acceptors (Lipinski definition) is 3. The quantitative estimate of drug-likeness (QED) is 0.838. The average molecular weight is 364 g/mol. The Morgan fingerprint density at radius 1 is 1.18 bits per heavy atom. The summed E-state index contributed by atoms with van der Waals surface area (Å²) in [5, 5.41) is 2.86. The highest BCUT2D eigenvalue weighted by Crippen LogP contribution is 2.45. The molecule has 22 heavy (non-hydrogen) atoms. The molecule has 1 N–H and O–H groups in total. The van der Waals surface area contributed by atoms with Crippen LogP contribution in [0.25, 0.3) is 0 Å². The molecule has 2 aromatic carbocycles. The van der Waals surface area contributed by atoms with E-state index in [2.05, 4.69) is 21.2 Å². The molecule has 0 saturated heterocycles. The van der Waals surface area contributed by atoms with Crippen molar-refractivity contribution in [3.63, 3.8) is 0 Å². The van der Waals surface area contributed by atoms with E-state index in [1.807, 2.05) is 6.07 Å². The summed E-state index contributed by atoms with van der Waals surface area (Å²) in [6, 6.07) is 8.49. The topological polar surface area (TPSA) is 47.6 Å². The summed E-state index contributed by atoms with van der Waals surface area (Å²) in [5.74, 6) is 0.753. The standard InChI is InChI=1S/C16H11BrFNO3/c17-11-3-8(1-2-12(11)18)9-5-16(20)19-13-6-15-14(4-10(9)13)21-7-22-15/h1-4,6,9H,5,7H2,(H,19,20). The van der Waals surface area contributed by atoms with Crippen molar-refractivity contribution in [2.45, 2.75) is 12.3 Å². The Kier molecular flexibility index (Phi) is 3.07. The summed E-state index contributed by atoms with van der Waals surface area (Å²) in [5.41, 5.74) is 2.54. The summed E-state index contributed by atoms with van der Waals surface area (Å²) in [4.78, 5) is 12.0. The molecule has 0 spiro atoms. The van der Waals surface area contributed by atoms with Crippen molar-refractivity contribution in [1.29, 1.82) is 0 Å². The second-order valence-electron chi connectivity index (χ2n) is 5.27. The lowest BCUT2D eigenvalue weighted by molar-refractivity contribution is -0.116. The smallest absolute Gasteiger partial charge is 0.231 e. The van der Waals surface area contributed by atoms with Gasteiger partial charge in [-0.25, -0.2) is 4.39 Å². The second-order valence-corrected chi connectivity index (χ2v) is 6.13. The van der Waals surface area contributed by atoms with E-state index in [4.69, 9.17) is 9.47 Å². The molecule has 2 aliphatic heterocycles. The number of fused-ring (bicyclic) bond motifs is 2. The van der Waals surface area contributed by atoms with Crippen molar-refractivity contribution in [2.24, 2.45) is 0 Å². The van der Waals surface area contributed by atoms with Gasteiger partial charge < -0.3 is 14.8 Å². The molecule has 2 aromatic rings. The molecule has 1 atom stereocenters. The molecule has 112 valence electrons. The Morgan fingerprint density at radius 3 is 2.73 bits per heavy atom. The number of rotatable bonds is 1. The van der Waals surface area contributed by atoms with Crippen molar-refractivity contribution in [3.8, 4) is 11.5 Å². The maximum atomic E-state index is 13.5. The van der Waals surface area contributed by atoms with E-state index in [0.717, 1.165) is 11.1 Å². The number of hydrogen-bond donors (Lipinski definition) is 1. The monoisotopic (exact) mass is 363 g/mol. The molecule has 0 radical (unpaired) electrons. The minimum Gasteiger partial charge on any atom is -0.454 e. The van der Waals surface area contributed by atoms with Crippen LogP contribution in [-0.2, 0) is 4.79 Å². The predicted octanol–water partition coefficient (Wildman–Crippen LogP) is 3.79. The first-order valence-corrected chi connectivity index (χ1v) is 7.59. The van der Waals surface area contributed by atoms with Crippen LogP contribution in [0.5, 0.6) is 11.5 Å². The van der Waals surface area contributed by atoms with E-state index < -0.39 is 0 Å². The van der Waals surface area contributed by atoms with Crippen molar-refractivity contribution < 1.29 is 18.7 Å². The normalized spacial score (nSPS) is 18.8. The van der Waals surface area contributed by atoms with Crippen molar-refractivity contribution >= 4 is 27.5 Å². The van der Waals surface area contributed by atoms with Crippen LogP contribution in [0.2, 0.25) is 0 Å². The zero-order valence-electron chi connectivity index (χ0n) is 11.4. The molecular formula is C16H11BrFNO3. The van der Waals surface area contributed by atoms with Gasteiger partial charge in [0.15, 0.2) is 11.5 Å². The summed E-state index contributed by atoms with van der Waals surface area (Å²) in [7, 11) is 0. The van der Waals surface area contributed by atoms with Gasteiger partial charge in [0.25, 0.3) is 0 Å². The summed E-state index contributed by atoms with van der Waals surface area (Å²) in [6.07, 6.45) is 0.310. The number of amides is 1. The third-order valence-electron chi connectivity index (χ3n) is 3.93. The lowest BCUT2D eigenvalue weighted by Crippen LogP contribution is -2.23. The lowest BCUT2D eigenvalue weighted by atomic mass is 9.84. The molecule has 2 heterocycles. The maximum absolute atomic E-state index is 13.5. The van der Waals surface area contributed by atoms with Gasteiger partial charge in [-0.05, 0) is 45.3 Å². The zero-order chi connectivity index (χ0) is 15.3. The molecule has 0 bridgehead atoms. The molecule has 2 aliphatic rings. The summed E-state index contributed by atoms with van der Waals surface area (Å²) < 4.78 is 24.6. The van der Waals surface area contributed by atoms with E-state index in [-0.39, 0.29) is 24.4 Å². The van der Waals surface area contributed by atoms with Crippen molar-refractivity contribution in [2.75, 3.05) is 12.1 Å². The van der Waals surface area contributed by atoms with E-state index >= 15 is 0 Å². The Hall–Kier alpha value is -2.08. The number of carbonyl (C=O) groups excluding carboxylic acids is 1. The van der Waals surface area contributed by atoms with Gasteiger partial charge in [-0.2, -0.15) is 0 Å². The van der Waals surface area contributed by atoms with Crippen LogP contribution in [-0.4, -0.2) is 12.7 Å². The van der Waals surface area contributed by atoms with Gasteiger partial charge in [0.2, 0.25) is 12.7 Å². The van der Waals surface area contributed by atoms with E-state index in [1.165, 1.54) is 6.07 Å². The largest absolute Gasteiger partial charge is 0.454 e. The van der Waals surface area contributed by atoms with Gasteiger partial charge in [-0.1, -0.05) is 6.07 Å². The van der Waals surface area contributed by atoms with Gasteiger partial charge in [-0.15, -0.1) is 0 Å². The molecule has 0 aromatic heterocycles. The van der Waals surface area contributed by atoms with E-state index in [0.29, 0.717) is 28.1 Å². The molecule has 0 fully saturated rings. The number of benzene rings is 2. The van der Waals surface area contributed by atoms with Crippen LogP contribution in [0.4, 0.5) is 10.1 Å². The van der Waals surface area contributed by atoms with Crippen LogP contribution < -0.4 is 14.8 Å². The van der Waals surface area contributed by atoms with Crippen LogP contribution in [0.1, 0.15) is 23.5 Å². The second kappa shape index (κ2) is 4.98. The molecular weight excluding hydrogens is 353 g/mol. The van der Waals surface area contributed by atoms with Gasteiger partial charge in [0.05, 0.1) is 4.47 Å². The minimum atomic E-state index is -0.324. The van der Waals surface area contributed by atoms with Crippen LogP contribution in [0.3, 0.4) is 0 Å². The molecule has 4 nitrogen and oxygen atoms in total. The Balaban J connectivity index is 1.84. The number of carbonyl (C=O) groups is 1. The molecule has 0 aliphatic carbocycles. The molecule has 6 heteroatoms. The van der Waals surface area contributed by atoms with Gasteiger partial charge in [0, 0.05) is 24.1 Å². The highest BCUT2D eigenvalue weighted by atomic mass is 79.9. The highest BCUT2D eigenvalue weighted by Gasteiger charge is 2.30. The lowest BCUT2D eigenvalue weighted by Gasteiger charge is -2.26. The third-order valence-corrected chi connectivity index (χ3v) is 4.54. The van der Waals surface area contributed by atoms with E-state index in [1.54, 1.807) is 18.2 Å². The van der Waals surface area contributed by atoms with Crippen LogP contribution in [0.15, 0.2) is 34.8 Å². The first-order valence-electron chi connectivity index (χ1n) is 6.80. The molecule has 0 saturated carbocycles. The maximum Gasteiger partial charge on any atom is 0.231 e. The molecule has 1 amide bonds. The van der Waals surface area contributed by atoms with Gasteiger partial charge in [0.1, 0.15) is 5.82 Å². The van der Waals surface area contributed by atoms with Crippen molar-refractivity contribution in [1.82, 2.24) is 0 Å². The highest BCUT2D eigenvalue weighted by molar-refractivity contribution is 9.10. The predicted molar refractivity (Wildman–Crippen MR) is 81.8 cm³/mol. The Morgan fingerprint density at radius 2 is 1.95 bits per heavy atom. The number of ether oxygens (including phenoxy) is 2. The fraction of sp³-hybridized carbons (Fsp3) is 0.188. The molecule has 4 rings (SSSR count). The molecule has 1 unspecified atom stereocenters.